The summed E-state index contributed by atoms with van der Waals surface area (Å²) in [5.74, 6) is 1.96. The van der Waals surface area contributed by atoms with E-state index in [0.717, 1.165) is 98.0 Å². The lowest BCUT2D eigenvalue weighted by atomic mass is 9.86. The number of aromatic amines is 2. The average molecular weight is 987 g/mol. The molecule has 4 aromatic heterocycles. The smallest absolute Gasteiger partial charge is 0.407 e. The Labute approximate surface area is 414 Å². The summed E-state index contributed by atoms with van der Waals surface area (Å²) in [4.78, 5) is 78.4. The van der Waals surface area contributed by atoms with E-state index in [0.29, 0.717) is 30.5 Å². The number of nitrogens with zero attached hydrogens (tertiary/aromatic N) is 6. The van der Waals surface area contributed by atoms with Crippen LogP contribution in [-0.4, -0.2) is 108 Å². The standard InChI is InChI=1S/C52H59FN10O7S/c1-25(2)42(59-50(66)68-6)47(64)61-15-9-12-35(61)44-54-23-33(58-44)29-16-26(3)41-37-19-30-17-28(13-14-34(30)63(37)49(70-39(41)21-29)40-24-56-46(71-40)27-10-8-11-27)32-22-55-45(57-32)38-20-31-18-36(31)62(38)48(65)43(52(4,5)53)60-51(67)69-7/h13-14,16-17,19,21-25,27,31,35-36,38,42-43,49H,8-12,15,18,20H2,1-7H3,(H,54,58)(H,55,57)(H,59,66)(H,60,67)/t31-,35+,36-,38+,42+,43-,49?/m1/s1. The summed E-state index contributed by atoms with van der Waals surface area (Å²) in [5.41, 5.74) is 5.31. The van der Waals surface area contributed by atoms with Gasteiger partial charge in [-0.3, -0.25) is 14.2 Å². The first-order valence-electron chi connectivity index (χ1n) is 24.6. The fourth-order valence-corrected chi connectivity index (χ4v) is 12.3. The van der Waals surface area contributed by atoms with Gasteiger partial charge in [0, 0.05) is 46.8 Å². The minimum Gasteiger partial charge on any atom is -0.464 e. The third-order valence-electron chi connectivity index (χ3n) is 15.2. The van der Waals surface area contributed by atoms with Gasteiger partial charge in [0.25, 0.3) is 0 Å². The molecule has 2 saturated heterocycles. The highest BCUT2D eigenvalue weighted by Gasteiger charge is 2.57. The van der Waals surface area contributed by atoms with Gasteiger partial charge >= 0.3 is 12.2 Å². The Morgan fingerprint density at radius 1 is 0.859 bits per heavy atom. The molecule has 6 aromatic rings. The van der Waals surface area contributed by atoms with E-state index in [1.54, 1.807) is 22.4 Å². The SMILES string of the molecule is COC(=O)N[C@H](C(=O)N1CCC[C@H]1c1ncc(-c2cc(C)c3c(c2)OC(c2cnc(C4CCC4)s2)n2c-3cc3cc(-c4cnc([C@@H]5C[C@H]6C[C@H]6N5C(=O)[C@@H](NC(=O)OC)C(C)(C)F)[nH]4)ccc32)[nH]1)C(C)C. The minimum absolute atomic E-state index is 0.0470. The molecule has 4 N–H and O–H groups in total. The molecule has 0 bridgehead atoms. The van der Waals surface area contributed by atoms with E-state index in [4.69, 9.17) is 29.2 Å². The number of alkyl carbamates (subject to hydrolysis) is 2. The normalized spacial score (nSPS) is 22.3. The number of likely N-dealkylation sites (tertiary alicyclic amines) is 2. The van der Waals surface area contributed by atoms with Crippen molar-refractivity contribution in [2.24, 2.45) is 11.8 Å². The molecular formula is C52H59FN10O7S. The highest BCUT2D eigenvalue weighted by Crippen LogP contribution is 2.54. The molecule has 1 unspecified atom stereocenters. The number of fused-ring (bicyclic) bond motifs is 6. The number of aryl methyl sites for hydroxylation is 1. The number of H-pyrrole nitrogens is 2. The number of halogens is 1. The zero-order valence-corrected chi connectivity index (χ0v) is 41.7. The van der Waals surface area contributed by atoms with E-state index in [1.807, 2.05) is 31.1 Å². The van der Waals surface area contributed by atoms with Gasteiger partial charge in [0.05, 0.1) is 71.2 Å². The van der Waals surface area contributed by atoms with Crippen LogP contribution in [0.1, 0.15) is 124 Å². The molecule has 0 spiro atoms. The number of carbonyl (C=O) groups is 4. The lowest BCUT2D eigenvalue weighted by molar-refractivity contribution is -0.139. The second kappa shape index (κ2) is 17.8. The molecule has 2 aromatic carbocycles. The maximum atomic E-state index is 15.5. The zero-order valence-electron chi connectivity index (χ0n) is 40.9. The number of nitrogens with one attached hydrogen (secondary N) is 4. The van der Waals surface area contributed by atoms with Crippen molar-refractivity contribution in [2.75, 3.05) is 20.8 Å². The number of alkyl halides is 1. The maximum Gasteiger partial charge on any atom is 0.407 e. The second-order valence-corrected chi connectivity index (χ2v) is 21.7. The first kappa shape index (κ1) is 46.6. The summed E-state index contributed by atoms with van der Waals surface area (Å²) < 4.78 is 34.5. The Morgan fingerprint density at radius 2 is 1.58 bits per heavy atom. The van der Waals surface area contributed by atoms with Crippen LogP contribution >= 0.6 is 11.3 Å². The minimum atomic E-state index is -2.04. The van der Waals surface area contributed by atoms with E-state index in [-0.39, 0.29) is 29.8 Å². The molecule has 2 aliphatic carbocycles. The van der Waals surface area contributed by atoms with Crippen LogP contribution in [0.15, 0.2) is 55.0 Å². The lowest BCUT2D eigenvalue weighted by Crippen LogP contribution is -2.57. The highest BCUT2D eigenvalue weighted by molar-refractivity contribution is 7.11. The summed E-state index contributed by atoms with van der Waals surface area (Å²) >= 11 is 1.71. The van der Waals surface area contributed by atoms with Crippen LogP contribution in [-0.2, 0) is 19.1 Å². The second-order valence-electron chi connectivity index (χ2n) is 20.6. The van der Waals surface area contributed by atoms with Crippen LogP contribution in [0.4, 0.5) is 14.0 Å². The molecule has 19 heteroatoms. The molecule has 4 amide bonds. The van der Waals surface area contributed by atoms with Gasteiger partial charge < -0.3 is 44.6 Å². The van der Waals surface area contributed by atoms with E-state index in [2.05, 4.69) is 68.5 Å². The largest absolute Gasteiger partial charge is 0.464 e. The third-order valence-corrected chi connectivity index (χ3v) is 16.4. The Bertz CT molecular complexity index is 3070. The summed E-state index contributed by atoms with van der Waals surface area (Å²) in [5, 5.41) is 7.29. The monoisotopic (exact) mass is 986 g/mol. The lowest BCUT2D eigenvalue weighted by Gasteiger charge is -2.34. The van der Waals surface area contributed by atoms with Crippen LogP contribution in [0.3, 0.4) is 0 Å². The first-order chi connectivity index (χ1) is 34.1. The molecule has 5 aliphatic rings. The maximum absolute atomic E-state index is 15.5. The molecule has 372 valence electrons. The number of ether oxygens (including phenoxy) is 3. The summed E-state index contributed by atoms with van der Waals surface area (Å²) in [6, 6.07) is 9.83. The summed E-state index contributed by atoms with van der Waals surface area (Å²) in [6.07, 6.45) is 10.1. The van der Waals surface area contributed by atoms with E-state index < -0.39 is 48.1 Å². The van der Waals surface area contributed by atoms with Crippen LogP contribution < -0.4 is 15.4 Å². The Morgan fingerprint density at radius 3 is 2.27 bits per heavy atom. The Balaban J connectivity index is 0.913. The third kappa shape index (κ3) is 8.28. The van der Waals surface area contributed by atoms with Crippen molar-refractivity contribution in [3.8, 4) is 39.5 Å². The number of rotatable bonds is 12. The number of benzene rings is 2. The molecule has 3 aliphatic heterocycles. The van der Waals surface area contributed by atoms with Gasteiger partial charge in [-0.15, -0.1) is 11.3 Å². The summed E-state index contributed by atoms with van der Waals surface area (Å²) in [6.45, 7) is 9.01. The van der Waals surface area contributed by atoms with Crippen molar-refractivity contribution < 1.29 is 37.8 Å². The average Bonchev–Trinajstić information content (AvgIpc) is 4.09. The number of methoxy groups -OCH3 is 2. The van der Waals surface area contributed by atoms with Crippen molar-refractivity contribution in [1.82, 2.24) is 49.9 Å². The summed E-state index contributed by atoms with van der Waals surface area (Å²) in [7, 11) is 2.48. The number of imidazole rings is 2. The number of piperidine rings is 1. The highest BCUT2D eigenvalue weighted by atomic mass is 32.1. The molecule has 71 heavy (non-hydrogen) atoms. The van der Waals surface area contributed by atoms with Crippen LogP contribution in [0, 0.1) is 18.8 Å². The van der Waals surface area contributed by atoms with Crippen molar-refractivity contribution in [3.63, 3.8) is 0 Å². The number of hydrogen-bond donors (Lipinski definition) is 4. The Kier molecular flexibility index (Phi) is 11.7. The van der Waals surface area contributed by atoms with Crippen molar-refractivity contribution >= 4 is 46.2 Å². The van der Waals surface area contributed by atoms with Crippen LogP contribution in [0.25, 0.3) is 44.7 Å². The van der Waals surface area contributed by atoms with Gasteiger partial charge in [-0.05, 0) is 107 Å². The predicted molar refractivity (Wildman–Crippen MR) is 263 cm³/mol. The molecule has 11 rings (SSSR count). The molecule has 7 atom stereocenters. The predicted octanol–water partition coefficient (Wildman–Crippen LogP) is 9.24. The molecule has 17 nitrogen and oxygen atoms in total. The van der Waals surface area contributed by atoms with E-state index >= 15 is 4.39 Å². The number of carbonyl (C=O) groups excluding carboxylic acids is 4. The first-order valence-corrected chi connectivity index (χ1v) is 25.4. The number of thiazole rings is 1. The fourth-order valence-electron chi connectivity index (χ4n) is 11.2. The quantitative estimate of drug-likeness (QED) is 0.0916. The van der Waals surface area contributed by atoms with Crippen molar-refractivity contribution in [3.05, 3.63) is 82.1 Å². The molecular weight excluding hydrogens is 928 g/mol. The topological polar surface area (TPSA) is 202 Å². The number of aromatic nitrogens is 6. The van der Waals surface area contributed by atoms with Gasteiger partial charge in [0.2, 0.25) is 18.0 Å². The van der Waals surface area contributed by atoms with Crippen LogP contribution in [0.5, 0.6) is 5.75 Å². The molecule has 2 saturated carbocycles. The van der Waals surface area contributed by atoms with Crippen molar-refractivity contribution in [2.45, 2.75) is 128 Å². The van der Waals surface area contributed by atoms with E-state index in [1.165, 1.54) is 34.5 Å². The fraction of sp³-hybridized carbons (Fsp3) is 0.481. The Hall–Kier alpha value is -6.76. The van der Waals surface area contributed by atoms with Gasteiger partial charge in [0.15, 0.2) is 0 Å². The number of amides is 4. The van der Waals surface area contributed by atoms with Crippen LogP contribution in [0.2, 0.25) is 0 Å². The number of hydrogen-bond acceptors (Lipinski definition) is 11. The van der Waals surface area contributed by atoms with Crippen molar-refractivity contribution in [1.29, 1.82) is 0 Å². The van der Waals surface area contributed by atoms with Gasteiger partial charge in [-0.1, -0.05) is 26.3 Å². The van der Waals surface area contributed by atoms with E-state index in [9.17, 15) is 19.2 Å². The molecule has 4 fully saturated rings. The van der Waals surface area contributed by atoms with Gasteiger partial charge in [-0.2, -0.15) is 0 Å². The van der Waals surface area contributed by atoms with Gasteiger partial charge in [0.1, 0.15) is 35.2 Å². The molecule has 0 radical (unpaired) electrons. The zero-order chi connectivity index (χ0) is 49.6. The molecule has 7 heterocycles. The van der Waals surface area contributed by atoms with Gasteiger partial charge in [-0.25, -0.2) is 28.9 Å².